The maximum Gasteiger partial charge on any atom is 0.232 e. The second-order valence-electron chi connectivity index (χ2n) is 8.99. The zero-order chi connectivity index (χ0) is 25.0. The van der Waals surface area contributed by atoms with E-state index < -0.39 is 21.7 Å². The minimum atomic E-state index is -3.70. The number of hydrogen-bond donors (Lipinski definition) is 3. The summed E-state index contributed by atoms with van der Waals surface area (Å²) in [5.41, 5.74) is 1.66. The van der Waals surface area contributed by atoms with Gasteiger partial charge >= 0.3 is 0 Å². The molecule has 0 radical (unpaired) electrons. The Morgan fingerprint density at radius 1 is 1.17 bits per heavy atom. The molecule has 1 fully saturated rings. The fourth-order valence-electron chi connectivity index (χ4n) is 4.25. The van der Waals surface area contributed by atoms with Gasteiger partial charge in [0.25, 0.3) is 0 Å². The summed E-state index contributed by atoms with van der Waals surface area (Å²) in [6, 6.07) is 4.11. The Hall–Kier alpha value is -2.76. The van der Waals surface area contributed by atoms with Crippen LogP contribution >= 0.6 is 0 Å². The van der Waals surface area contributed by atoms with Gasteiger partial charge in [0.1, 0.15) is 11.5 Å². The van der Waals surface area contributed by atoms with Gasteiger partial charge in [0.15, 0.2) is 5.82 Å². The van der Waals surface area contributed by atoms with Crippen LogP contribution in [0.25, 0.3) is 11.0 Å². The van der Waals surface area contributed by atoms with E-state index in [-0.39, 0.29) is 30.9 Å². The summed E-state index contributed by atoms with van der Waals surface area (Å²) in [5.74, 6) is -1.78. The van der Waals surface area contributed by atoms with Gasteiger partial charge in [-0.05, 0) is 37.2 Å². The largest absolute Gasteiger partial charge is 0.382 e. The van der Waals surface area contributed by atoms with Crippen molar-refractivity contribution in [3.63, 3.8) is 0 Å². The molecule has 0 bridgehead atoms. The Morgan fingerprint density at radius 3 is 2.64 bits per heavy atom. The summed E-state index contributed by atoms with van der Waals surface area (Å²) >= 11 is 0. The monoisotopic (exact) mass is 522 g/mol. The van der Waals surface area contributed by atoms with Gasteiger partial charge in [-0.2, -0.15) is 0 Å². The number of piperazine rings is 1. The van der Waals surface area contributed by atoms with E-state index in [1.165, 1.54) is 0 Å². The highest BCUT2D eigenvalue weighted by Crippen LogP contribution is 2.28. The topological polar surface area (TPSA) is 93.4 Å². The number of sulfonamides is 1. The molecule has 0 atom stereocenters. The predicted molar refractivity (Wildman–Crippen MR) is 142 cm³/mol. The molecule has 3 aromatic rings. The van der Waals surface area contributed by atoms with E-state index >= 15 is 4.39 Å². The average molecular weight is 523 g/mol. The van der Waals surface area contributed by atoms with Gasteiger partial charge in [-0.1, -0.05) is 14.4 Å². The van der Waals surface area contributed by atoms with Crippen molar-refractivity contribution in [2.24, 2.45) is 0 Å². The van der Waals surface area contributed by atoms with Crippen molar-refractivity contribution in [1.82, 2.24) is 19.8 Å². The maximum atomic E-state index is 15.1. The fraction of sp³-hybridized carbons (Fsp3) is 0.480. The third-order valence-corrected chi connectivity index (χ3v) is 7.74. The first-order chi connectivity index (χ1) is 16.8. The number of fused-ring (bicyclic) bond motifs is 1. The molecule has 2 aromatic heterocycles. The van der Waals surface area contributed by atoms with Gasteiger partial charge in [0.05, 0.1) is 23.3 Å². The molecule has 36 heavy (non-hydrogen) atoms. The summed E-state index contributed by atoms with van der Waals surface area (Å²) in [6.45, 7) is 7.61. The number of aromatic nitrogens is 2. The van der Waals surface area contributed by atoms with Crippen LogP contribution in [-0.2, 0) is 16.4 Å². The van der Waals surface area contributed by atoms with Crippen LogP contribution < -0.4 is 10.0 Å². The van der Waals surface area contributed by atoms with E-state index in [9.17, 15) is 12.8 Å². The summed E-state index contributed by atoms with van der Waals surface area (Å²) in [7, 11) is -1.57. The molecule has 3 heterocycles. The number of likely N-dealkylation sites (N-methyl/N-ethyl adjacent to an activating group) is 1. The van der Waals surface area contributed by atoms with Crippen molar-refractivity contribution in [2.45, 2.75) is 27.2 Å². The number of anilines is 2. The standard InChI is InChI=1S/C24H32F2N6O2S.CH4/c1-3-12-35(33,34)30-22-5-4-21(25)20(23(22)26)13-17-15-28-24-19(17)14-18(16-29-24)27-6-7-32-10-8-31(2)9-11-32;/h4-5,14-16,27,30H,3,6-13H2,1-2H3,(H,28,29);1H4. The molecule has 1 aliphatic heterocycles. The number of rotatable bonds is 10. The van der Waals surface area contributed by atoms with Crippen LogP contribution in [0.3, 0.4) is 0 Å². The molecule has 8 nitrogen and oxygen atoms in total. The number of aromatic amines is 1. The second kappa shape index (κ2) is 12.0. The number of hydrogen-bond acceptors (Lipinski definition) is 6. The smallest absolute Gasteiger partial charge is 0.232 e. The molecule has 4 rings (SSSR count). The van der Waals surface area contributed by atoms with E-state index in [0.29, 0.717) is 17.6 Å². The average Bonchev–Trinajstić information content (AvgIpc) is 3.22. The number of benzene rings is 1. The molecular formula is C25H36F2N6O2S. The SMILES string of the molecule is C.CCCS(=O)(=O)Nc1ccc(F)c(Cc2c[nH]c3ncc(NCCN4CCN(C)CC4)cc23)c1F. The van der Waals surface area contributed by atoms with Crippen LogP contribution in [0.1, 0.15) is 31.9 Å². The van der Waals surface area contributed by atoms with Gasteiger partial charge in [0.2, 0.25) is 10.0 Å². The molecule has 198 valence electrons. The third-order valence-electron chi connectivity index (χ3n) is 6.26. The zero-order valence-corrected chi connectivity index (χ0v) is 20.9. The maximum absolute atomic E-state index is 15.1. The Balaban J connectivity index is 0.00000361. The van der Waals surface area contributed by atoms with E-state index in [0.717, 1.165) is 62.5 Å². The van der Waals surface area contributed by atoms with Crippen LogP contribution in [0.2, 0.25) is 0 Å². The molecule has 1 aromatic carbocycles. The molecule has 0 saturated carbocycles. The molecule has 0 aliphatic carbocycles. The minimum Gasteiger partial charge on any atom is -0.382 e. The zero-order valence-electron chi connectivity index (χ0n) is 20.1. The van der Waals surface area contributed by atoms with E-state index in [4.69, 9.17) is 0 Å². The summed E-state index contributed by atoms with van der Waals surface area (Å²) in [5, 5.41) is 4.14. The molecule has 0 amide bonds. The van der Waals surface area contributed by atoms with Gasteiger partial charge < -0.3 is 15.2 Å². The normalized spacial score (nSPS) is 15.1. The highest BCUT2D eigenvalue weighted by molar-refractivity contribution is 7.92. The van der Waals surface area contributed by atoms with E-state index in [1.54, 1.807) is 19.3 Å². The van der Waals surface area contributed by atoms with Crippen LogP contribution in [0.15, 0.2) is 30.6 Å². The number of nitrogens with one attached hydrogen (secondary N) is 3. The van der Waals surface area contributed by atoms with Crippen LogP contribution in [0.5, 0.6) is 0 Å². The fourth-order valence-corrected chi connectivity index (χ4v) is 5.38. The summed E-state index contributed by atoms with van der Waals surface area (Å²) in [6.07, 6.45) is 3.75. The highest BCUT2D eigenvalue weighted by Gasteiger charge is 2.20. The van der Waals surface area contributed by atoms with Crippen LogP contribution in [-0.4, -0.2) is 80.3 Å². The first-order valence-electron chi connectivity index (χ1n) is 11.8. The van der Waals surface area contributed by atoms with Crippen molar-refractivity contribution in [1.29, 1.82) is 0 Å². The number of pyridine rings is 1. The minimum absolute atomic E-state index is 0. The van der Waals surface area contributed by atoms with Gasteiger partial charge in [-0.25, -0.2) is 22.2 Å². The van der Waals surface area contributed by atoms with E-state index in [1.807, 2.05) is 6.07 Å². The lowest BCUT2D eigenvalue weighted by Crippen LogP contribution is -2.45. The van der Waals surface area contributed by atoms with Gasteiger partial charge in [-0.3, -0.25) is 9.62 Å². The lowest BCUT2D eigenvalue weighted by atomic mass is 10.0. The number of H-pyrrole nitrogens is 1. The molecule has 0 spiro atoms. The number of nitrogens with zero attached hydrogens (tertiary/aromatic N) is 3. The lowest BCUT2D eigenvalue weighted by molar-refractivity contribution is 0.158. The molecule has 11 heteroatoms. The first kappa shape index (κ1) is 27.8. The van der Waals surface area contributed by atoms with Crippen molar-refractivity contribution in [2.75, 3.05) is 62.1 Å². The van der Waals surface area contributed by atoms with Crippen molar-refractivity contribution in [3.8, 4) is 0 Å². The van der Waals surface area contributed by atoms with Crippen LogP contribution in [0.4, 0.5) is 20.2 Å². The summed E-state index contributed by atoms with van der Waals surface area (Å²) in [4.78, 5) is 12.2. The third kappa shape index (κ3) is 6.71. The van der Waals surface area contributed by atoms with Crippen molar-refractivity contribution < 1.29 is 17.2 Å². The summed E-state index contributed by atoms with van der Waals surface area (Å²) < 4.78 is 56.1. The van der Waals surface area contributed by atoms with Gasteiger partial charge in [0, 0.05) is 62.8 Å². The molecule has 0 unspecified atom stereocenters. The molecule has 3 N–H and O–H groups in total. The van der Waals surface area contributed by atoms with Crippen molar-refractivity contribution in [3.05, 3.63) is 53.4 Å². The Labute approximate surface area is 212 Å². The number of halogens is 2. The Bertz CT molecular complexity index is 1270. The molecule has 1 aliphatic rings. The first-order valence-corrected chi connectivity index (χ1v) is 13.5. The lowest BCUT2D eigenvalue weighted by Gasteiger charge is -2.32. The Morgan fingerprint density at radius 2 is 1.92 bits per heavy atom. The predicted octanol–water partition coefficient (Wildman–Crippen LogP) is 3.88. The highest BCUT2D eigenvalue weighted by atomic mass is 32.2. The van der Waals surface area contributed by atoms with Gasteiger partial charge in [-0.15, -0.1) is 0 Å². The van der Waals surface area contributed by atoms with Crippen LogP contribution in [0, 0.1) is 11.6 Å². The quantitative estimate of drug-likeness (QED) is 0.374. The van der Waals surface area contributed by atoms with E-state index in [2.05, 4.69) is 36.9 Å². The molecular weight excluding hydrogens is 486 g/mol. The molecule has 1 saturated heterocycles. The van der Waals surface area contributed by atoms with Crippen molar-refractivity contribution >= 4 is 32.4 Å². The second-order valence-corrected chi connectivity index (χ2v) is 10.8. The Kier molecular flexibility index (Phi) is 9.26.